The molecule has 2 heterocycles. The molecule has 2 aliphatic carbocycles. The molecule has 0 bridgehead atoms. The molecule has 3 aliphatic rings. The third-order valence-electron chi connectivity index (χ3n) is 6.79. The Bertz CT molecular complexity index is 1100. The molecule has 0 saturated carbocycles. The second kappa shape index (κ2) is 8.44. The molecule has 0 atom stereocenters. The number of urea groups is 1. The monoisotopic (exact) mass is 458 g/mol. The third kappa shape index (κ3) is 3.99. The van der Waals surface area contributed by atoms with Crippen LogP contribution in [-0.2, 0) is 47.7 Å². The first-order valence-corrected chi connectivity index (χ1v) is 12.9. The summed E-state index contributed by atoms with van der Waals surface area (Å²) in [7, 11) is -2.26. The molecule has 1 saturated heterocycles. The molecule has 1 aromatic carbocycles. The molecule has 0 spiro atoms. The highest BCUT2D eigenvalue weighted by molar-refractivity contribution is 7.91. The lowest BCUT2D eigenvalue weighted by molar-refractivity contribution is 0.0875. The van der Waals surface area contributed by atoms with Crippen LogP contribution in [0.5, 0.6) is 0 Å². The summed E-state index contributed by atoms with van der Waals surface area (Å²) in [6.07, 6.45) is 10.7. The summed E-state index contributed by atoms with van der Waals surface area (Å²) in [5.74, 6) is 0. The van der Waals surface area contributed by atoms with Crippen molar-refractivity contribution in [3.05, 3.63) is 46.8 Å². The number of aryl methyl sites for hydroxylation is 3. The Hall–Kier alpha value is -2.52. The molecular formula is C23H30N4O4S. The van der Waals surface area contributed by atoms with Crippen molar-refractivity contribution in [2.45, 2.75) is 57.4 Å². The molecule has 1 fully saturated rings. The maximum absolute atomic E-state index is 13.4. The molecule has 32 heavy (non-hydrogen) atoms. The maximum Gasteiger partial charge on any atom is 0.334 e. The van der Waals surface area contributed by atoms with E-state index in [2.05, 4.69) is 16.1 Å². The van der Waals surface area contributed by atoms with E-state index in [1.54, 1.807) is 23.0 Å². The Morgan fingerprint density at radius 1 is 1.09 bits per heavy atom. The number of aromatic nitrogens is 1. The van der Waals surface area contributed by atoms with Crippen LogP contribution in [0.1, 0.15) is 47.9 Å². The van der Waals surface area contributed by atoms with Gasteiger partial charge in [-0.15, -0.1) is 0 Å². The number of carbonyl (C=O) groups is 1. The number of amides is 2. The minimum Gasteiger partial charge on any atom is -0.381 e. The van der Waals surface area contributed by atoms with Gasteiger partial charge in [-0.3, -0.25) is 0 Å². The fourth-order valence-electron chi connectivity index (χ4n) is 5.36. The number of anilines is 2. The summed E-state index contributed by atoms with van der Waals surface area (Å²) in [4.78, 5) is 13.0. The SMILES string of the molecule is Cn1ccc(N(C2CCOCC2)S(=O)(=O)NC(=O)Nc2c3c(cc4c2CCC4)CCC3)c1. The summed E-state index contributed by atoms with van der Waals surface area (Å²) < 4.78 is 37.7. The highest BCUT2D eigenvalue weighted by Gasteiger charge is 2.34. The second-order valence-corrected chi connectivity index (χ2v) is 10.5. The van der Waals surface area contributed by atoms with Crippen LogP contribution in [0.3, 0.4) is 0 Å². The zero-order valence-corrected chi connectivity index (χ0v) is 19.2. The van der Waals surface area contributed by atoms with Gasteiger partial charge in [0.15, 0.2) is 0 Å². The molecule has 2 aromatic rings. The van der Waals surface area contributed by atoms with Crippen molar-refractivity contribution < 1.29 is 17.9 Å². The van der Waals surface area contributed by atoms with Crippen molar-refractivity contribution in [2.75, 3.05) is 22.8 Å². The fourth-order valence-corrected chi connectivity index (χ4v) is 6.73. The molecule has 0 unspecified atom stereocenters. The number of ether oxygens (including phenoxy) is 1. The van der Waals surface area contributed by atoms with Gasteiger partial charge in [0.25, 0.3) is 0 Å². The van der Waals surface area contributed by atoms with E-state index in [9.17, 15) is 13.2 Å². The van der Waals surface area contributed by atoms with Crippen molar-refractivity contribution in [2.24, 2.45) is 7.05 Å². The van der Waals surface area contributed by atoms with E-state index < -0.39 is 16.2 Å². The van der Waals surface area contributed by atoms with E-state index in [-0.39, 0.29) is 6.04 Å². The molecule has 172 valence electrons. The Kier molecular flexibility index (Phi) is 5.63. The summed E-state index contributed by atoms with van der Waals surface area (Å²) in [6.45, 7) is 0.996. The van der Waals surface area contributed by atoms with E-state index in [4.69, 9.17) is 4.74 Å². The number of carbonyl (C=O) groups excluding carboxylic acids is 1. The van der Waals surface area contributed by atoms with E-state index in [1.165, 1.54) is 26.6 Å². The average Bonchev–Trinajstić information content (AvgIpc) is 3.49. The molecular weight excluding hydrogens is 428 g/mol. The first kappa shape index (κ1) is 21.3. The van der Waals surface area contributed by atoms with Crippen molar-refractivity contribution in [1.82, 2.24) is 9.29 Å². The van der Waals surface area contributed by atoms with Crippen molar-refractivity contribution in [3.63, 3.8) is 0 Å². The Balaban J connectivity index is 1.41. The van der Waals surface area contributed by atoms with Crippen LogP contribution in [-0.4, -0.2) is 38.3 Å². The normalized spacial score (nSPS) is 18.3. The number of benzene rings is 1. The average molecular weight is 459 g/mol. The van der Waals surface area contributed by atoms with Gasteiger partial charge >= 0.3 is 16.2 Å². The number of fused-ring (bicyclic) bond motifs is 2. The third-order valence-corrected chi connectivity index (χ3v) is 8.26. The van der Waals surface area contributed by atoms with E-state index in [0.717, 1.165) is 44.2 Å². The number of rotatable bonds is 5. The van der Waals surface area contributed by atoms with Crippen LogP contribution in [0, 0.1) is 0 Å². The minimum atomic E-state index is -4.11. The largest absolute Gasteiger partial charge is 0.381 e. The minimum absolute atomic E-state index is 0.262. The summed E-state index contributed by atoms with van der Waals surface area (Å²) >= 11 is 0. The van der Waals surface area contributed by atoms with Crippen molar-refractivity contribution in [1.29, 1.82) is 0 Å². The second-order valence-electron chi connectivity index (χ2n) is 8.97. The van der Waals surface area contributed by atoms with Gasteiger partial charge in [0, 0.05) is 38.3 Å². The number of nitrogens with zero attached hydrogens (tertiary/aromatic N) is 2. The lowest BCUT2D eigenvalue weighted by Gasteiger charge is -2.34. The molecule has 1 aliphatic heterocycles. The highest BCUT2D eigenvalue weighted by atomic mass is 32.2. The first-order valence-electron chi connectivity index (χ1n) is 11.4. The molecule has 9 heteroatoms. The first-order chi connectivity index (χ1) is 15.4. The summed E-state index contributed by atoms with van der Waals surface area (Å²) in [5, 5.41) is 2.93. The van der Waals surface area contributed by atoms with Gasteiger partial charge in [-0.05, 0) is 79.7 Å². The molecule has 1 aromatic heterocycles. The van der Waals surface area contributed by atoms with Gasteiger partial charge in [-0.1, -0.05) is 6.07 Å². The molecule has 2 amide bonds. The van der Waals surface area contributed by atoms with Crippen LogP contribution >= 0.6 is 0 Å². The predicted octanol–water partition coefficient (Wildman–Crippen LogP) is 3.05. The van der Waals surface area contributed by atoms with Gasteiger partial charge in [-0.25, -0.2) is 13.8 Å². The highest BCUT2D eigenvalue weighted by Crippen LogP contribution is 2.38. The Labute approximate surface area is 189 Å². The zero-order chi connectivity index (χ0) is 22.3. The number of hydrogen-bond donors (Lipinski definition) is 2. The smallest absolute Gasteiger partial charge is 0.334 e. The lowest BCUT2D eigenvalue weighted by Crippen LogP contribution is -2.51. The van der Waals surface area contributed by atoms with Crippen LogP contribution in [0.15, 0.2) is 24.5 Å². The van der Waals surface area contributed by atoms with Crippen molar-refractivity contribution >= 4 is 27.6 Å². The summed E-state index contributed by atoms with van der Waals surface area (Å²) in [6, 6.07) is 3.07. The van der Waals surface area contributed by atoms with Gasteiger partial charge in [0.2, 0.25) is 0 Å². The number of hydrogen-bond acceptors (Lipinski definition) is 4. The Morgan fingerprint density at radius 3 is 2.34 bits per heavy atom. The van der Waals surface area contributed by atoms with E-state index in [1.807, 2.05) is 7.05 Å². The van der Waals surface area contributed by atoms with E-state index in [0.29, 0.717) is 31.7 Å². The maximum atomic E-state index is 13.4. The predicted molar refractivity (Wildman–Crippen MR) is 123 cm³/mol. The molecule has 2 N–H and O–H groups in total. The van der Waals surface area contributed by atoms with Crippen LogP contribution in [0.25, 0.3) is 0 Å². The molecule has 8 nitrogen and oxygen atoms in total. The fraction of sp³-hybridized carbons (Fsp3) is 0.522. The Morgan fingerprint density at radius 2 is 1.75 bits per heavy atom. The van der Waals surface area contributed by atoms with Crippen molar-refractivity contribution in [3.8, 4) is 0 Å². The standard InChI is InChI=1S/C23H30N4O4S/c1-26-11-8-19(15-26)27(18-9-12-31-13-10-18)32(29,30)25-23(28)24-22-20-6-2-4-16(20)14-17-5-3-7-21(17)22/h8,11,14-15,18H,2-7,9-10,12-13H2,1H3,(H2,24,25,28). The van der Waals surface area contributed by atoms with Gasteiger partial charge in [0.1, 0.15) is 0 Å². The van der Waals surface area contributed by atoms with Gasteiger partial charge in [0.05, 0.1) is 11.7 Å². The van der Waals surface area contributed by atoms with Gasteiger partial charge in [-0.2, -0.15) is 8.42 Å². The van der Waals surface area contributed by atoms with Gasteiger partial charge < -0.3 is 14.6 Å². The number of nitrogens with one attached hydrogen (secondary N) is 2. The summed E-state index contributed by atoms with van der Waals surface area (Å²) in [5.41, 5.74) is 6.29. The van der Waals surface area contributed by atoms with Crippen LogP contribution < -0.4 is 14.3 Å². The van der Waals surface area contributed by atoms with Crippen LogP contribution in [0.2, 0.25) is 0 Å². The zero-order valence-electron chi connectivity index (χ0n) is 18.4. The van der Waals surface area contributed by atoms with E-state index >= 15 is 0 Å². The molecule has 0 radical (unpaired) electrons. The quantitative estimate of drug-likeness (QED) is 0.720. The topological polar surface area (TPSA) is 92.7 Å². The molecule has 5 rings (SSSR count). The van der Waals surface area contributed by atoms with Crippen LogP contribution in [0.4, 0.5) is 16.2 Å². The lowest BCUT2D eigenvalue weighted by atomic mass is 9.99.